The maximum Gasteiger partial charge on any atom is 0.0400 e. The van der Waals surface area contributed by atoms with Crippen LogP contribution in [0.3, 0.4) is 0 Å². The van der Waals surface area contributed by atoms with Gasteiger partial charge >= 0.3 is 0 Å². The van der Waals surface area contributed by atoms with Crippen LogP contribution in [-0.4, -0.2) is 0 Å². The van der Waals surface area contributed by atoms with Gasteiger partial charge in [-0.05, 0) is 64.4 Å². The fourth-order valence-corrected chi connectivity index (χ4v) is 2.02. The molecule has 0 heterocycles. The van der Waals surface area contributed by atoms with Crippen molar-refractivity contribution >= 4 is 28.3 Å². The molecule has 0 fully saturated rings. The molecule has 0 amide bonds. The molecule has 0 radical (unpaired) electrons. The van der Waals surface area contributed by atoms with Gasteiger partial charge < -0.3 is 5.32 Å². The quantitative estimate of drug-likeness (QED) is 0.812. The Morgan fingerprint density at radius 1 is 0.882 bits per heavy atom. The van der Waals surface area contributed by atoms with Gasteiger partial charge in [0, 0.05) is 15.8 Å². The van der Waals surface area contributed by atoms with Crippen molar-refractivity contribution in [3.05, 3.63) is 63.2 Å². The van der Waals surface area contributed by atoms with E-state index in [9.17, 15) is 0 Å². The van der Waals surface area contributed by atoms with Crippen molar-refractivity contribution in [2.45, 2.75) is 19.9 Å². The number of hydrogen-bond acceptors (Lipinski definition) is 1. The lowest BCUT2D eigenvalue weighted by Crippen LogP contribution is -1.99. The highest BCUT2D eigenvalue weighted by Crippen LogP contribution is 2.13. The first-order valence-corrected chi connectivity index (χ1v) is 6.93. The molecule has 0 aliphatic rings. The number of rotatable bonds is 4. The van der Waals surface area contributed by atoms with Crippen LogP contribution in [0.15, 0.2) is 48.5 Å². The molecule has 2 rings (SSSR count). The van der Waals surface area contributed by atoms with E-state index in [1.54, 1.807) is 0 Å². The Morgan fingerprint density at radius 2 is 1.47 bits per heavy atom. The zero-order valence-corrected chi connectivity index (χ0v) is 12.1. The lowest BCUT2D eigenvalue weighted by atomic mass is 10.1. The lowest BCUT2D eigenvalue weighted by molar-refractivity contribution is 1.11. The molecule has 2 aromatic carbocycles. The predicted octanol–water partition coefficient (Wildman–Crippen LogP) is 4.47. The van der Waals surface area contributed by atoms with Crippen LogP contribution in [0, 0.1) is 3.57 Å². The smallest absolute Gasteiger partial charge is 0.0400 e. The molecule has 1 N–H and O–H groups in total. The second-order valence-corrected chi connectivity index (χ2v) is 5.28. The fraction of sp³-hybridized carbons (Fsp3) is 0.200. The molecule has 0 saturated carbocycles. The molecule has 2 aromatic rings. The third-order valence-electron chi connectivity index (χ3n) is 2.77. The minimum absolute atomic E-state index is 0.880. The van der Waals surface area contributed by atoms with Crippen molar-refractivity contribution < 1.29 is 0 Å². The Balaban J connectivity index is 1.95. The van der Waals surface area contributed by atoms with Gasteiger partial charge in [-0.1, -0.05) is 31.2 Å². The zero-order chi connectivity index (χ0) is 12.1. The van der Waals surface area contributed by atoms with Crippen molar-refractivity contribution in [1.82, 2.24) is 0 Å². The summed E-state index contributed by atoms with van der Waals surface area (Å²) in [4.78, 5) is 0. The van der Waals surface area contributed by atoms with E-state index in [2.05, 4.69) is 83.4 Å². The van der Waals surface area contributed by atoms with Crippen LogP contribution in [0.1, 0.15) is 18.1 Å². The molecular formula is C15H16IN. The van der Waals surface area contributed by atoms with Crippen molar-refractivity contribution in [3.8, 4) is 0 Å². The molecule has 0 aromatic heterocycles. The summed E-state index contributed by atoms with van der Waals surface area (Å²) in [6, 6.07) is 17.2. The first-order chi connectivity index (χ1) is 8.28. The number of nitrogens with one attached hydrogen (secondary N) is 1. The normalized spacial score (nSPS) is 10.2. The van der Waals surface area contributed by atoms with E-state index in [1.807, 2.05) is 0 Å². The van der Waals surface area contributed by atoms with E-state index >= 15 is 0 Å². The van der Waals surface area contributed by atoms with Crippen molar-refractivity contribution in [2.24, 2.45) is 0 Å². The summed E-state index contributed by atoms with van der Waals surface area (Å²) < 4.78 is 1.26. The van der Waals surface area contributed by atoms with Gasteiger partial charge in [0.05, 0.1) is 0 Å². The highest BCUT2D eigenvalue weighted by atomic mass is 127. The van der Waals surface area contributed by atoms with Gasteiger partial charge in [-0.25, -0.2) is 0 Å². The SMILES string of the molecule is CCc1ccc(CNc2ccc(I)cc2)cc1. The van der Waals surface area contributed by atoms with Gasteiger partial charge in [-0.15, -0.1) is 0 Å². The van der Waals surface area contributed by atoms with Crippen molar-refractivity contribution in [2.75, 3.05) is 5.32 Å². The zero-order valence-electron chi connectivity index (χ0n) is 9.91. The first-order valence-electron chi connectivity index (χ1n) is 5.85. The second-order valence-electron chi connectivity index (χ2n) is 4.03. The molecule has 2 heteroatoms. The molecule has 0 aliphatic heterocycles. The van der Waals surface area contributed by atoms with Gasteiger partial charge in [0.2, 0.25) is 0 Å². The average molecular weight is 337 g/mol. The van der Waals surface area contributed by atoms with Gasteiger partial charge in [0.15, 0.2) is 0 Å². The van der Waals surface area contributed by atoms with Gasteiger partial charge in [0.1, 0.15) is 0 Å². The predicted molar refractivity (Wildman–Crippen MR) is 82.3 cm³/mol. The summed E-state index contributed by atoms with van der Waals surface area (Å²) in [6.45, 7) is 3.06. The molecule has 0 bridgehead atoms. The summed E-state index contributed by atoms with van der Waals surface area (Å²) >= 11 is 2.32. The molecule has 0 aliphatic carbocycles. The van der Waals surface area contributed by atoms with Gasteiger partial charge in [-0.3, -0.25) is 0 Å². The Kier molecular flexibility index (Phi) is 4.42. The van der Waals surface area contributed by atoms with Crippen LogP contribution in [0.25, 0.3) is 0 Å². The number of halogens is 1. The summed E-state index contributed by atoms with van der Waals surface area (Å²) in [6.07, 6.45) is 1.10. The standard InChI is InChI=1S/C15H16IN/c1-2-12-3-5-13(6-4-12)11-17-15-9-7-14(16)8-10-15/h3-10,17H,2,11H2,1H3. The van der Waals surface area contributed by atoms with E-state index < -0.39 is 0 Å². The van der Waals surface area contributed by atoms with Crippen LogP contribution >= 0.6 is 22.6 Å². The average Bonchev–Trinajstić information content (AvgIpc) is 2.39. The highest BCUT2D eigenvalue weighted by molar-refractivity contribution is 14.1. The molecular weight excluding hydrogens is 321 g/mol. The van der Waals surface area contributed by atoms with Crippen LogP contribution < -0.4 is 5.32 Å². The molecule has 0 spiro atoms. The molecule has 0 saturated heterocycles. The van der Waals surface area contributed by atoms with Gasteiger partial charge in [-0.2, -0.15) is 0 Å². The van der Waals surface area contributed by atoms with E-state index in [0.717, 1.165) is 13.0 Å². The van der Waals surface area contributed by atoms with E-state index in [-0.39, 0.29) is 0 Å². The van der Waals surface area contributed by atoms with E-state index in [0.29, 0.717) is 0 Å². The summed E-state index contributed by atoms with van der Waals surface area (Å²) in [5, 5.41) is 3.42. The molecule has 0 unspecified atom stereocenters. The Bertz CT molecular complexity index is 459. The molecule has 0 atom stereocenters. The van der Waals surface area contributed by atoms with E-state index in [4.69, 9.17) is 0 Å². The second kappa shape index (κ2) is 6.05. The highest BCUT2D eigenvalue weighted by Gasteiger charge is 1.95. The fourth-order valence-electron chi connectivity index (χ4n) is 1.66. The minimum atomic E-state index is 0.880. The third-order valence-corrected chi connectivity index (χ3v) is 3.49. The van der Waals surface area contributed by atoms with E-state index in [1.165, 1.54) is 20.4 Å². The monoisotopic (exact) mass is 337 g/mol. The molecule has 1 nitrogen and oxygen atoms in total. The maximum absolute atomic E-state index is 3.42. The maximum atomic E-state index is 3.42. The lowest BCUT2D eigenvalue weighted by Gasteiger charge is -2.07. The summed E-state index contributed by atoms with van der Waals surface area (Å²) in [5.74, 6) is 0. The van der Waals surface area contributed by atoms with Crippen LogP contribution in [0.5, 0.6) is 0 Å². The van der Waals surface area contributed by atoms with Crippen molar-refractivity contribution in [3.63, 3.8) is 0 Å². The largest absolute Gasteiger partial charge is 0.381 e. The minimum Gasteiger partial charge on any atom is -0.381 e. The Labute approximate surface area is 116 Å². The topological polar surface area (TPSA) is 12.0 Å². The Hall–Kier alpha value is -1.03. The summed E-state index contributed by atoms with van der Waals surface area (Å²) in [5.41, 5.74) is 3.88. The number of aryl methyl sites for hydroxylation is 1. The van der Waals surface area contributed by atoms with Crippen LogP contribution in [-0.2, 0) is 13.0 Å². The van der Waals surface area contributed by atoms with Crippen molar-refractivity contribution in [1.29, 1.82) is 0 Å². The number of benzene rings is 2. The van der Waals surface area contributed by atoms with Crippen LogP contribution in [0.4, 0.5) is 5.69 Å². The summed E-state index contributed by atoms with van der Waals surface area (Å²) in [7, 11) is 0. The molecule has 17 heavy (non-hydrogen) atoms. The molecule has 88 valence electrons. The number of hydrogen-bond donors (Lipinski definition) is 1. The number of anilines is 1. The van der Waals surface area contributed by atoms with Gasteiger partial charge in [0.25, 0.3) is 0 Å². The third kappa shape index (κ3) is 3.73. The first kappa shape index (κ1) is 12.4. The Morgan fingerprint density at radius 3 is 2.06 bits per heavy atom. The van der Waals surface area contributed by atoms with Crippen LogP contribution in [0.2, 0.25) is 0 Å².